The Hall–Kier alpha value is -2.82. The van der Waals surface area contributed by atoms with Crippen LogP contribution in [0.25, 0.3) is 0 Å². The van der Waals surface area contributed by atoms with Crippen molar-refractivity contribution >= 4 is 17.6 Å². The molecular weight excluding hydrogens is 354 g/mol. The van der Waals surface area contributed by atoms with Gasteiger partial charge in [-0.25, -0.2) is 4.79 Å². The lowest BCUT2D eigenvalue weighted by Crippen LogP contribution is -2.30. The van der Waals surface area contributed by atoms with Crippen LogP contribution in [0.4, 0.5) is 5.69 Å². The second kappa shape index (κ2) is 9.93. The first-order chi connectivity index (χ1) is 13.3. The first-order valence-corrected chi connectivity index (χ1v) is 9.64. The Labute approximate surface area is 167 Å². The molecule has 0 radical (unpaired) electrons. The predicted molar refractivity (Wildman–Crippen MR) is 111 cm³/mol. The molecule has 0 spiro atoms. The number of hydrogen-bond acceptors (Lipinski definition) is 4. The minimum absolute atomic E-state index is 0.253. The van der Waals surface area contributed by atoms with E-state index in [4.69, 9.17) is 9.47 Å². The maximum Gasteiger partial charge on any atom is 0.338 e. The van der Waals surface area contributed by atoms with E-state index in [1.807, 2.05) is 33.8 Å². The normalized spacial score (nSPS) is 11.6. The average Bonchev–Trinajstić information content (AvgIpc) is 2.66. The third-order valence-corrected chi connectivity index (χ3v) is 4.56. The number of aryl methyl sites for hydroxylation is 2. The highest BCUT2D eigenvalue weighted by atomic mass is 16.5. The maximum atomic E-state index is 12.5. The molecule has 0 aliphatic rings. The summed E-state index contributed by atoms with van der Waals surface area (Å²) >= 11 is 0. The van der Waals surface area contributed by atoms with Gasteiger partial charge in [-0.1, -0.05) is 19.4 Å². The van der Waals surface area contributed by atoms with E-state index in [0.717, 1.165) is 29.5 Å². The summed E-state index contributed by atoms with van der Waals surface area (Å²) in [7, 11) is 0. The number of ether oxygens (including phenoxy) is 2. The predicted octanol–water partition coefficient (Wildman–Crippen LogP) is 4.97. The first-order valence-electron chi connectivity index (χ1n) is 9.64. The molecule has 0 saturated carbocycles. The Morgan fingerprint density at radius 2 is 1.75 bits per heavy atom. The summed E-state index contributed by atoms with van der Waals surface area (Å²) in [5.41, 5.74) is 4.30. The summed E-state index contributed by atoms with van der Waals surface area (Å²) < 4.78 is 11.0. The third kappa shape index (κ3) is 5.84. The van der Waals surface area contributed by atoms with Crippen LogP contribution in [-0.2, 0) is 9.53 Å². The van der Waals surface area contributed by atoms with Gasteiger partial charge >= 0.3 is 5.97 Å². The Balaban J connectivity index is 1.96. The minimum atomic E-state index is -0.654. The summed E-state index contributed by atoms with van der Waals surface area (Å²) in [6.07, 6.45) is 1.16. The lowest BCUT2D eigenvalue weighted by atomic mass is 10.1. The van der Waals surface area contributed by atoms with Gasteiger partial charge in [-0.05, 0) is 81.1 Å². The molecule has 0 aliphatic heterocycles. The van der Waals surface area contributed by atoms with E-state index in [0.29, 0.717) is 23.6 Å². The van der Waals surface area contributed by atoms with Crippen molar-refractivity contribution in [1.82, 2.24) is 0 Å². The number of benzene rings is 2. The van der Waals surface area contributed by atoms with E-state index in [1.54, 1.807) is 31.2 Å². The van der Waals surface area contributed by atoms with Crippen molar-refractivity contribution in [3.8, 4) is 5.75 Å². The zero-order chi connectivity index (χ0) is 20.7. The number of rotatable bonds is 8. The van der Waals surface area contributed by atoms with Crippen molar-refractivity contribution in [2.24, 2.45) is 0 Å². The molecule has 1 N–H and O–H groups in total. The molecule has 0 heterocycles. The van der Waals surface area contributed by atoms with Gasteiger partial charge in [0.25, 0.3) is 5.91 Å². The van der Waals surface area contributed by atoms with Gasteiger partial charge in [-0.3, -0.25) is 4.79 Å². The van der Waals surface area contributed by atoms with Crippen LogP contribution in [0.15, 0.2) is 36.4 Å². The fourth-order valence-corrected chi connectivity index (χ4v) is 2.69. The molecule has 0 saturated heterocycles. The zero-order valence-electron chi connectivity index (χ0n) is 17.3. The highest BCUT2D eigenvalue weighted by molar-refractivity contribution is 5.95. The van der Waals surface area contributed by atoms with E-state index in [2.05, 4.69) is 11.4 Å². The molecule has 5 nitrogen and oxygen atoms in total. The summed E-state index contributed by atoms with van der Waals surface area (Å²) in [6.45, 7) is 10.2. The van der Waals surface area contributed by atoms with Crippen LogP contribution in [0, 0.1) is 20.8 Å². The van der Waals surface area contributed by atoms with Gasteiger partial charge in [0.05, 0.1) is 12.2 Å². The lowest BCUT2D eigenvalue weighted by molar-refractivity contribution is -0.122. The number of carbonyl (C=O) groups is 2. The van der Waals surface area contributed by atoms with Gasteiger partial charge in [-0.15, -0.1) is 0 Å². The molecule has 2 aromatic rings. The average molecular weight is 383 g/mol. The fraction of sp³-hybridized carbons (Fsp3) is 0.391. The Morgan fingerprint density at radius 1 is 1.07 bits per heavy atom. The SMILES string of the molecule is CCCCOC(=O)c1ccc(NC(=O)[C@H](C)Oc2cc(C)cc(C)c2C)cc1. The smallest absolute Gasteiger partial charge is 0.338 e. The number of anilines is 1. The molecule has 2 rings (SSSR count). The summed E-state index contributed by atoms with van der Waals surface area (Å²) in [5.74, 6) is 0.107. The van der Waals surface area contributed by atoms with Crippen molar-refractivity contribution in [3.63, 3.8) is 0 Å². The molecule has 5 heteroatoms. The number of hydrogen-bond donors (Lipinski definition) is 1. The van der Waals surface area contributed by atoms with Gasteiger partial charge in [-0.2, -0.15) is 0 Å². The molecule has 1 amide bonds. The van der Waals surface area contributed by atoms with Crippen LogP contribution in [0.5, 0.6) is 5.75 Å². The molecule has 28 heavy (non-hydrogen) atoms. The van der Waals surface area contributed by atoms with Gasteiger partial charge in [0.2, 0.25) is 0 Å². The van der Waals surface area contributed by atoms with Crippen LogP contribution in [0.1, 0.15) is 53.7 Å². The van der Waals surface area contributed by atoms with Crippen LogP contribution in [0.3, 0.4) is 0 Å². The fourth-order valence-electron chi connectivity index (χ4n) is 2.69. The van der Waals surface area contributed by atoms with Crippen molar-refractivity contribution in [1.29, 1.82) is 0 Å². The Bertz CT molecular complexity index is 827. The van der Waals surface area contributed by atoms with Crippen LogP contribution < -0.4 is 10.1 Å². The number of amides is 1. The highest BCUT2D eigenvalue weighted by Gasteiger charge is 2.17. The van der Waals surface area contributed by atoms with Gasteiger partial charge in [0.1, 0.15) is 5.75 Å². The molecule has 0 bridgehead atoms. The van der Waals surface area contributed by atoms with Gasteiger partial charge in [0, 0.05) is 5.69 Å². The van der Waals surface area contributed by atoms with Crippen molar-refractivity contribution in [3.05, 3.63) is 58.7 Å². The zero-order valence-corrected chi connectivity index (χ0v) is 17.3. The monoisotopic (exact) mass is 383 g/mol. The van der Waals surface area contributed by atoms with E-state index in [-0.39, 0.29) is 11.9 Å². The first kappa shape index (κ1) is 21.5. The Kier molecular flexibility index (Phi) is 7.61. The van der Waals surface area contributed by atoms with Crippen LogP contribution in [0.2, 0.25) is 0 Å². The van der Waals surface area contributed by atoms with Crippen molar-refractivity contribution in [2.75, 3.05) is 11.9 Å². The maximum absolute atomic E-state index is 12.5. The second-order valence-electron chi connectivity index (χ2n) is 7.02. The van der Waals surface area contributed by atoms with E-state index >= 15 is 0 Å². The van der Waals surface area contributed by atoms with Crippen molar-refractivity contribution < 1.29 is 19.1 Å². The van der Waals surface area contributed by atoms with E-state index < -0.39 is 6.10 Å². The molecule has 150 valence electrons. The summed E-state index contributed by atoms with van der Waals surface area (Å²) in [4.78, 5) is 24.4. The second-order valence-corrected chi connectivity index (χ2v) is 7.02. The van der Waals surface area contributed by atoms with Crippen LogP contribution >= 0.6 is 0 Å². The number of unbranched alkanes of at least 4 members (excludes halogenated alkanes) is 1. The highest BCUT2D eigenvalue weighted by Crippen LogP contribution is 2.24. The Morgan fingerprint density at radius 3 is 2.39 bits per heavy atom. The topological polar surface area (TPSA) is 64.6 Å². The molecule has 1 atom stereocenters. The van der Waals surface area contributed by atoms with Gasteiger partial charge < -0.3 is 14.8 Å². The third-order valence-electron chi connectivity index (χ3n) is 4.56. The minimum Gasteiger partial charge on any atom is -0.481 e. The largest absolute Gasteiger partial charge is 0.481 e. The molecule has 0 aromatic heterocycles. The number of carbonyl (C=O) groups excluding carboxylic acids is 2. The quantitative estimate of drug-likeness (QED) is 0.516. The molecule has 0 unspecified atom stereocenters. The number of esters is 1. The summed E-state index contributed by atoms with van der Waals surface area (Å²) in [5, 5.41) is 2.81. The lowest BCUT2D eigenvalue weighted by Gasteiger charge is -2.18. The number of nitrogens with one attached hydrogen (secondary N) is 1. The molecular formula is C23H29NO4. The van der Waals surface area contributed by atoms with Crippen LogP contribution in [-0.4, -0.2) is 24.6 Å². The van der Waals surface area contributed by atoms with Gasteiger partial charge in [0.15, 0.2) is 6.10 Å². The standard InChI is InChI=1S/C23H29NO4/c1-6-7-12-27-23(26)19-8-10-20(11-9-19)24-22(25)18(5)28-21-14-15(2)13-16(3)17(21)4/h8-11,13-14,18H,6-7,12H2,1-5H3,(H,24,25)/t18-/m0/s1. The molecule has 2 aromatic carbocycles. The molecule has 0 aliphatic carbocycles. The van der Waals surface area contributed by atoms with Crippen molar-refractivity contribution in [2.45, 2.75) is 53.6 Å². The van der Waals surface area contributed by atoms with E-state index in [9.17, 15) is 9.59 Å². The molecule has 0 fully saturated rings. The summed E-state index contributed by atoms with van der Waals surface area (Å²) in [6, 6.07) is 10.7. The van der Waals surface area contributed by atoms with E-state index in [1.165, 1.54) is 0 Å².